The zero-order chi connectivity index (χ0) is 28.8. The number of hydrogen-bond donors (Lipinski definition) is 0. The molecule has 2 atom stereocenters. The Morgan fingerprint density at radius 2 is 1.53 bits per heavy atom. The number of aliphatic imine (C=N–C) groups is 1. The molecule has 4 heteroatoms. The summed E-state index contributed by atoms with van der Waals surface area (Å²) in [4.78, 5) is 5.29. The number of allylic oxidation sites excluding steroid dienone is 1. The predicted molar refractivity (Wildman–Crippen MR) is 179 cm³/mol. The van der Waals surface area contributed by atoms with E-state index in [0.717, 1.165) is 18.6 Å². The number of unbranched alkanes of at least 4 members (excludes halogenated alkanes) is 3. The van der Waals surface area contributed by atoms with E-state index >= 15 is 0 Å². The van der Waals surface area contributed by atoms with E-state index in [1.54, 1.807) is 0 Å². The van der Waals surface area contributed by atoms with E-state index in [4.69, 9.17) is 9.42 Å². The van der Waals surface area contributed by atoms with E-state index < -0.39 is 26.7 Å². The van der Waals surface area contributed by atoms with Crippen LogP contribution in [0.15, 0.2) is 35.8 Å². The van der Waals surface area contributed by atoms with E-state index in [0.29, 0.717) is 11.8 Å². The Morgan fingerprint density at radius 3 is 2.00 bits per heavy atom. The Labute approximate surface area is 243 Å². The van der Waals surface area contributed by atoms with Crippen LogP contribution >= 0.6 is 0 Å². The molecule has 0 aliphatic carbocycles. The second-order valence-corrected chi connectivity index (χ2v) is 32.1. The second-order valence-electron chi connectivity index (χ2n) is 13.6. The van der Waals surface area contributed by atoms with Crippen molar-refractivity contribution in [3.63, 3.8) is 0 Å². The third kappa shape index (κ3) is 11.6. The maximum atomic E-state index is 6.73. The van der Waals surface area contributed by atoms with Crippen molar-refractivity contribution < 1.29 is 4.43 Å². The van der Waals surface area contributed by atoms with Gasteiger partial charge >= 0.3 is 245 Å². The minimum absolute atomic E-state index is 0.227. The Hall–Kier alpha value is -0.394. The molecule has 0 amide bonds. The molecule has 0 radical (unpaired) electrons. The molecule has 0 unspecified atom stereocenters. The van der Waals surface area contributed by atoms with Gasteiger partial charge in [-0.05, 0) is 0 Å². The van der Waals surface area contributed by atoms with Crippen LogP contribution < -0.4 is 0 Å². The van der Waals surface area contributed by atoms with E-state index in [-0.39, 0.29) is 5.04 Å². The molecule has 0 saturated carbocycles. The van der Waals surface area contributed by atoms with Crippen molar-refractivity contribution in [2.24, 2.45) is 10.9 Å². The molecule has 0 aromatic heterocycles. The molecule has 0 aliphatic rings. The van der Waals surface area contributed by atoms with Crippen LogP contribution in [0.3, 0.4) is 0 Å². The van der Waals surface area contributed by atoms with Crippen molar-refractivity contribution >= 4 is 38.5 Å². The quantitative estimate of drug-likeness (QED) is 0.108. The first-order valence-corrected chi connectivity index (χ1v) is 26.7. The number of nitrogens with zero attached hydrogens (tertiary/aromatic N) is 1. The van der Waals surface area contributed by atoms with Gasteiger partial charge in [0.1, 0.15) is 0 Å². The molecule has 0 fully saturated rings. The van der Waals surface area contributed by atoms with Gasteiger partial charge in [-0.3, -0.25) is 0 Å². The Kier molecular flexibility index (Phi) is 16.3. The molecule has 2 nitrogen and oxygen atoms in total. The summed E-state index contributed by atoms with van der Waals surface area (Å²) in [6.45, 7) is 28.4. The molecule has 0 saturated heterocycles. The van der Waals surface area contributed by atoms with E-state index in [1.165, 1.54) is 67.5 Å². The van der Waals surface area contributed by atoms with Crippen molar-refractivity contribution in [2.45, 2.75) is 138 Å². The Balaban J connectivity index is 3.20. The molecule has 0 aliphatic heterocycles. The van der Waals surface area contributed by atoms with Gasteiger partial charge in [0.15, 0.2) is 0 Å². The topological polar surface area (TPSA) is 21.6 Å². The normalized spacial score (nSPS) is 14.7. The van der Waals surface area contributed by atoms with Crippen molar-refractivity contribution in [2.75, 3.05) is 11.2 Å². The number of benzene rings is 1. The summed E-state index contributed by atoms with van der Waals surface area (Å²) in [6.07, 6.45) is 11.5. The molecule has 218 valence electrons. The van der Waals surface area contributed by atoms with Gasteiger partial charge in [-0.2, -0.15) is 0 Å². The summed E-state index contributed by atoms with van der Waals surface area (Å²) in [7, 11) is -1.79. The number of hydrogen-bond acceptors (Lipinski definition) is 2. The summed E-state index contributed by atoms with van der Waals surface area (Å²) in [5.74, 6) is 0.813. The monoisotopic (exact) mass is 649 g/mol. The fourth-order valence-corrected chi connectivity index (χ4v) is 20.8. The van der Waals surface area contributed by atoms with Crippen molar-refractivity contribution in [3.8, 4) is 0 Å². The van der Waals surface area contributed by atoms with E-state index in [1.807, 2.05) is 0 Å². The summed E-state index contributed by atoms with van der Waals surface area (Å²) in [5, 5.41) is 0.227. The van der Waals surface area contributed by atoms with Gasteiger partial charge in [0.25, 0.3) is 0 Å². The molecule has 0 N–H and O–H groups in total. The molecule has 0 heterocycles. The Bertz CT molecular complexity index is 819. The van der Waals surface area contributed by atoms with Crippen molar-refractivity contribution in [1.82, 2.24) is 0 Å². The van der Waals surface area contributed by atoms with Crippen molar-refractivity contribution in [1.29, 1.82) is 0 Å². The van der Waals surface area contributed by atoms with E-state index in [2.05, 4.69) is 106 Å². The van der Waals surface area contributed by atoms with Gasteiger partial charge in [0, 0.05) is 0 Å². The fourth-order valence-electron chi connectivity index (χ4n) is 5.26. The first-order valence-electron chi connectivity index (χ1n) is 15.7. The molecule has 1 aromatic rings. The third-order valence-electron chi connectivity index (χ3n) is 9.12. The zero-order valence-electron chi connectivity index (χ0n) is 27.1. The van der Waals surface area contributed by atoms with Crippen LogP contribution in [0.5, 0.6) is 0 Å². The van der Waals surface area contributed by atoms with Crippen LogP contribution in [0.25, 0.3) is 5.57 Å². The van der Waals surface area contributed by atoms with Crippen LogP contribution in [0.4, 0.5) is 0 Å². The molecule has 0 spiro atoms. The molecule has 1 rings (SSSR count). The standard InChI is InChI=1S/C22H36NOSi.3C4H9.Sn/c1-17(2)19-12-10-11-13-21(19)20(14-15-23-7)18(3)16-24-25(8,9)22(4,5)6;3*1-3-4-2;/h10-13,15,18,20H,1,7,14,16H2,2-6,8-9H3;3*1,3-4H2,2H3;/b23-15+;;;;/t18-,20-;;;;/m1..../s1. The molecule has 0 bridgehead atoms. The molecular weight excluding hydrogens is 585 g/mol. The second kappa shape index (κ2) is 17.4. The summed E-state index contributed by atoms with van der Waals surface area (Å²) >= 11 is -2.25. The van der Waals surface area contributed by atoms with Gasteiger partial charge in [-0.1, -0.05) is 0 Å². The average molecular weight is 649 g/mol. The summed E-state index contributed by atoms with van der Waals surface area (Å²) in [6, 6.07) is 8.89. The molecule has 38 heavy (non-hydrogen) atoms. The molecular formula is C34H63NOSiSn. The molecule has 1 aromatic carbocycles. The third-order valence-corrected chi connectivity index (χ3v) is 28.2. The van der Waals surface area contributed by atoms with Gasteiger partial charge in [0.05, 0.1) is 0 Å². The summed E-state index contributed by atoms with van der Waals surface area (Å²) in [5.41, 5.74) is 3.86. The first kappa shape index (κ1) is 35.6. The van der Waals surface area contributed by atoms with Crippen molar-refractivity contribution in [3.05, 3.63) is 42.0 Å². The van der Waals surface area contributed by atoms with Gasteiger partial charge in [-0.25, -0.2) is 0 Å². The van der Waals surface area contributed by atoms with Crippen LogP contribution in [0.2, 0.25) is 31.4 Å². The van der Waals surface area contributed by atoms with Crippen LogP contribution in [-0.4, -0.2) is 44.1 Å². The van der Waals surface area contributed by atoms with Crippen LogP contribution in [-0.2, 0) is 4.43 Å². The SMILES string of the molecule is C=C(C)c1ccccc1[C@H](C/C=N/[CH2][Sn]([CH2]CCC)([CH2]CCC)[CH2]CCC)[C@H](C)CO[Si](C)(C)C(C)(C)C. The van der Waals surface area contributed by atoms with E-state index in [9.17, 15) is 0 Å². The number of rotatable bonds is 19. The minimum atomic E-state index is -2.25. The summed E-state index contributed by atoms with van der Waals surface area (Å²) < 4.78 is 12.5. The average Bonchev–Trinajstić information content (AvgIpc) is 2.87. The van der Waals surface area contributed by atoms with Gasteiger partial charge < -0.3 is 0 Å². The zero-order valence-corrected chi connectivity index (χ0v) is 30.9. The van der Waals surface area contributed by atoms with Gasteiger partial charge in [0.2, 0.25) is 0 Å². The Morgan fingerprint density at radius 1 is 1.00 bits per heavy atom. The van der Waals surface area contributed by atoms with Gasteiger partial charge in [-0.15, -0.1) is 0 Å². The predicted octanol–water partition coefficient (Wildman–Crippen LogP) is 11.3. The fraction of sp³-hybridized carbons (Fsp3) is 0.735. The van der Waals surface area contributed by atoms with Crippen LogP contribution in [0, 0.1) is 5.92 Å². The first-order chi connectivity index (χ1) is 17.8. The van der Waals surface area contributed by atoms with Crippen LogP contribution in [0.1, 0.15) is 117 Å². The maximum absolute atomic E-state index is 6.73.